The Balaban J connectivity index is 2.55. The molecule has 1 aromatic rings. The van der Waals surface area contributed by atoms with E-state index in [1.54, 1.807) is 0 Å². The Kier molecular flexibility index (Phi) is 7.79. The third-order valence-electron chi connectivity index (χ3n) is 3.13. The Morgan fingerprint density at radius 3 is 2.52 bits per heavy atom. The number of rotatable bonds is 10. The second-order valence-electron chi connectivity index (χ2n) is 5.33. The fraction of sp³-hybridized carbons (Fsp3) is 0.562. The molecular weight excluding hydrogens is 268 g/mol. The Labute approximate surface area is 126 Å². The van der Waals surface area contributed by atoms with Gasteiger partial charge in [-0.2, -0.15) is 0 Å². The first-order chi connectivity index (χ1) is 10.0. The smallest absolute Gasteiger partial charge is 0.304 e. The maximum Gasteiger partial charge on any atom is 0.304 e. The van der Waals surface area contributed by atoms with Crippen molar-refractivity contribution < 1.29 is 14.6 Å². The summed E-state index contributed by atoms with van der Waals surface area (Å²) in [6.07, 6.45) is 0.826. The van der Waals surface area contributed by atoms with Gasteiger partial charge in [0.2, 0.25) is 0 Å². The van der Waals surface area contributed by atoms with Crippen molar-refractivity contribution in [3.63, 3.8) is 0 Å². The van der Waals surface area contributed by atoms with Gasteiger partial charge in [0.05, 0.1) is 13.0 Å². The van der Waals surface area contributed by atoms with Gasteiger partial charge >= 0.3 is 5.97 Å². The van der Waals surface area contributed by atoms with Crippen LogP contribution in [0, 0.1) is 0 Å². The molecule has 1 atom stereocenters. The first-order valence-corrected chi connectivity index (χ1v) is 7.33. The van der Waals surface area contributed by atoms with E-state index in [2.05, 4.69) is 10.2 Å². The highest BCUT2D eigenvalue weighted by atomic mass is 16.5. The van der Waals surface area contributed by atoms with Crippen LogP contribution >= 0.6 is 0 Å². The Hall–Kier alpha value is -1.59. The highest BCUT2D eigenvalue weighted by Crippen LogP contribution is 2.14. The van der Waals surface area contributed by atoms with Crippen molar-refractivity contribution >= 4 is 5.97 Å². The topological polar surface area (TPSA) is 61.8 Å². The third kappa shape index (κ3) is 7.68. The molecule has 0 spiro atoms. The van der Waals surface area contributed by atoms with Crippen LogP contribution in [0.2, 0.25) is 0 Å². The van der Waals surface area contributed by atoms with Crippen LogP contribution in [0.1, 0.15) is 18.9 Å². The Bertz CT molecular complexity index is 418. The molecule has 0 saturated heterocycles. The molecule has 1 unspecified atom stereocenters. The zero-order valence-corrected chi connectivity index (χ0v) is 13.1. The van der Waals surface area contributed by atoms with Crippen molar-refractivity contribution in [3.8, 4) is 5.75 Å². The molecule has 0 radical (unpaired) electrons. The highest BCUT2D eigenvalue weighted by Gasteiger charge is 2.13. The molecule has 0 aliphatic carbocycles. The number of nitrogens with zero attached hydrogens (tertiary/aromatic N) is 1. The number of benzene rings is 1. The lowest BCUT2D eigenvalue weighted by atomic mass is 10.0. The van der Waals surface area contributed by atoms with Crippen LogP contribution in [-0.2, 0) is 11.2 Å². The number of carboxylic acid groups (broad SMARTS) is 1. The largest absolute Gasteiger partial charge is 0.494 e. The van der Waals surface area contributed by atoms with E-state index < -0.39 is 5.97 Å². The second-order valence-corrected chi connectivity index (χ2v) is 5.33. The highest BCUT2D eigenvalue weighted by molar-refractivity contribution is 5.67. The molecule has 118 valence electrons. The van der Waals surface area contributed by atoms with E-state index in [1.165, 1.54) is 0 Å². The van der Waals surface area contributed by atoms with Crippen molar-refractivity contribution in [2.45, 2.75) is 25.8 Å². The molecular formula is C16H26N2O3. The van der Waals surface area contributed by atoms with Gasteiger partial charge in [-0.1, -0.05) is 12.1 Å². The quantitative estimate of drug-likeness (QED) is 0.686. The van der Waals surface area contributed by atoms with Crippen LogP contribution in [0.25, 0.3) is 0 Å². The zero-order chi connectivity index (χ0) is 15.7. The first kappa shape index (κ1) is 17.5. The summed E-state index contributed by atoms with van der Waals surface area (Å²) in [6, 6.07) is 7.79. The molecule has 5 heteroatoms. The monoisotopic (exact) mass is 294 g/mol. The lowest BCUT2D eigenvalue weighted by Gasteiger charge is -2.19. The summed E-state index contributed by atoms with van der Waals surface area (Å²) < 4.78 is 5.41. The summed E-state index contributed by atoms with van der Waals surface area (Å²) in [7, 11) is 4.00. The minimum atomic E-state index is -0.775. The number of likely N-dealkylation sites (N-methyl/N-ethyl adjacent to an activating group) is 1. The summed E-state index contributed by atoms with van der Waals surface area (Å²) >= 11 is 0. The lowest BCUT2D eigenvalue weighted by molar-refractivity contribution is -0.137. The average molecular weight is 294 g/mol. The van der Waals surface area contributed by atoms with E-state index in [-0.39, 0.29) is 12.5 Å². The van der Waals surface area contributed by atoms with E-state index in [0.717, 1.165) is 24.4 Å². The average Bonchev–Trinajstić information content (AvgIpc) is 2.40. The molecule has 0 aromatic heterocycles. The molecule has 0 bridgehead atoms. The molecule has 0 amide bonds. The fourth-order valence-electron chi connectivity index (χ4n) is 2.09. The first-order valence-electron chi connectivity index (χ1n) is 7.33. The van der Waals surface area contributed by atoms with E-state index in [1.807, 2.05) is 45.3 Å². The second kappa shape index (κ2) is 9.37. The number of ether oxygens (including phenoxy) is 1. The van der Waals surface area contributed by atoms with Crippen molar-refractivity contribution in [2.24, 2.45) is 0 Å². The molecule has 0 aliphatic heterocycles. The number of hydrogen-bond acceptors (Lipinski definition) is 4. The maximum absolute atomic E-state index is 11.0. The van der Waals surface area contributed by atoms with Gasteiger partial charge in [0.25, 0.3) is 0 Å². The number of carboxylic acids is 1. The number of hydrogen-bond donors (Lipinski definition) is 2. The van der Waals surface area contributed by atoms with Crippen molar-refractivity contribution in [2.75, 3.05) is 33.8 Å². The molecule has 5 nitrogen and oxygen atoms in total. The Morgan fingerprint density at radius 2 is 2.00 bits per heavy atom. The normalized spacial score (nSPS) is 12.4. The fourth-order valence-corrected chi connectivity index (χ4v) is 2.09. The van der Waals surface area contributed by atoms with Crippen molar-refractivity contribution in [1.82, 2.24) is 10.2 Å². The van der Waals surface area contributed by atoms with Crippen LogP contribution in [-0.4, -0.2) is 55.8 Å². The summed E-state index contributed by atoms with van der Waals surface area (Å²) in [5.41, 5.74) is 1.11. The molecule has 1 aromatic carbocycles. The predicted molar refractivity (Wildman–Crippen MR) is 83.9 cm³/mol. The van der Waals surface area contributed by atoms with Gasteiger partial charge in [0.1, 0.15) is 5.75 Å². The van der Waals surface area contributed by atoms with Gasteiger partial charge in [-0.05, 0) is 45.1 Å². The summed E-state index contributed by atoms with van der Waals surface area (Å²) in [5.74, 6) is 0.0693. The SMILES string of the molecule is CCOc1ccc(CC(CC(=O)O)NCCN(C)C)cc1. The van der Waals surface area contributed by atoms with Crippen LogP contribution < -0.4 is 10.1 Å². The molecule has 21 heavy (non-hydrogen) atoms. The summed E-state index contributed by atoms with van der Waals surface area (Å²) in [6.45, 7) is 4.26. The molecule has 0 fully saturated rings. The van der Waals surface area contributed by atoms with E-state index in [4.69, 9.17) is 9.84 Å². The van der Waals surface area contributed by atoms with Gasteiger partial charge in [-0.25, -0.2) is 0 Å². The van der Waals surface area contributed by atoms with Gasteiger partial charge in [0.15, 0.2) is 0 Å². The molecule has 0 heterocycles. The lowest BCUT2D eigenvalue weighted by Crippen LogP contribution is -2.37. The number of nitrogens with one attached hydrogen (secondary N) is 1. The molecule has 2 N–H and O–H groups in total. The maximum atomic E-state index is 11.0. The van der Waals surface area contributed by atoms with Gasteiger partial charge in [-0.15, -0.1) is 0 Å². The predicted octanol–water partition coefficient (Wildman–Crippen LogP) is 1.62. The van der Waals surface area contributed by atoms with Crippen molar-refractivity contribution in [3.05, 3.63) is 29.8 Å². The van der Waals surface area contributed by atoms with Crippen LogP contribution in [0.4, 0.5) is 0 Å². The summed E-state index contributed by atoms with van der Waals surface area (Å²) in [5, 5.41) is 12.3. The third-order valence-corrected chi connectivity index (χ3v) is 3.13. The van der Waals surface area contributed by atoms with Gasteiger partial charge in [0, 0.05) is 19.1 Å². The minimum absolute atomic E-state index is 0.0552. The van der Waals surface area contributed by atoms with Gasteiger partial charge < -0.3 is 20.1 Å². The van der Waals surface area contributed by atoms with Crippen molar-refractivity contribution in [1.29, 1.82) is 0 Å². The van der Waals surface area contributed by atoms with E-state index >= 15 is 0 Å². The van der Waals surface area contributed by atoms with Crippen LogP contribution in [0.15, 0.2) is 24.3 Å². The number of aliphatic carboxylic acids is 1. The van der Waals surface area contributed by atoms with Crippen LogP contribution in [0.5, 0.6) is 5.75 Å². The number of carbonyl (C=O) groups is 1. The zero-order valence-electron chi connectivity index (χ0n) is 13.1. The molecule has 1 rings (SSSR count). The molecule has 0 aliphatic rings. The Morgan fingerprint density at radius 1 is 1.33 bits per heavy atom. The standard InChI is InChI=1S/C16H26N2O3/c1-4-21-15-7-5-13(6-8-15)11-14(12-16(19)20)17-9-10-18(2)3/h5-8,14,17H,4,9-12H2,1-3H3,(H,19,20). The van der Waals surface area contributed by atoms with E-state index in [9.17, 15) is 4.79 Å². The van der Waals surface area contributed by atoms with Gasteiger partial charge in [-0.3, -0.25) is 4.79 Å². The minimum Gasteiger partial charge on any atom is -0.494 e. The van der Waals surface area contributed by atoms with Crippen LogP contribution in [0.3, 0.4) is 0 Å². The molecule has 0 saturated carbocycles. The summed E-state index contributed by atoms with van der Waals surface area (Å²) in [4.78, 5) is 13.0. The van der Waals surface area contributed by atoms with E-state index in [0.29, 0.717) is 13.0 Å².